The molecule has 25 heavy (non-hydrogen) atoms. The van der Waals surface area contributed by atoms with E-state index >= 15 is 0 Å². The molecule has 1 fully saturated rings. The third-order valence-electron chi connectivity index (χ3n) is 4.95. The summed E-state index contributed by atoms with van der Waals surface area (Å²) in [6.45, 7) is 13.8. The maximum atomic E-state index is 6.02. The number of rotatable bonds is 5. The van der Waals surface area contributed by atoms with Crippen molar-refractivity contribution in [2.75, 3.05) is 25.0 Å². The van der Waals surface area contributed by atoms with Crippen LogP contribution in [0.5, 0.6) is 0 Å². The van der Waals surface area contributed by atoms with E-state index in [2.05, 4.69) is 47.9 Å². The summed E-state index contributed by atoms with van der Waals surface area (Å²) >= 11 is 0. The molecule has 0 saturated carbocycles. The smallest absolute Gasteiger partial charge is 0.211 e. The van der Waals surface area contributed by atoms with Gasteiger partial charge in [0.1, 0.15) is 11.6 Å². The maximum absolute atomic E-state index is 6.02. The van der Waals surface area contributed by atoms with E-state index in [0.29, 0.717) is 5.92 Å². The van der Waals surface area contributed by atoms with Gasteiger partial charge in [0, 0.05) is 24.2 Å². The van der Waals surface area contributed by atoms with Gasteiger partial charge in [-0.25, -0.2) is 9.97 Å². The van der Waals surface area contributed by atoms with Crippen molar-refractivity contribution in [2.24, 2.45) is 5.92 Å². The van der Waals surface area contributed by atoms with Crippen molar-refractivity contribution in [3.63, 3.8) is 0 Å². The van der Waals surface area contributed by atoms with Crippen molar-refractivity contribution in [1.82, 2.24) is 14.9 Å². The fourth-order valence-electron chi connectivity index (χ4n) is 3.26. The molecular weight excluding hydrogens is 312 g/mol. The molecule has 1 N–H and O–H groups in total. The first kappa shape index (κ1) is 17.9. The van der Waals surface area contributed by atoms with E-state index in [-0.39, 0.29) is 11.5 Å². The van der Waals surface area contributed by atoms with E-state index in [4.69, 9.17) is 4.42 Å². The number of aromatic nitrogens is 2. The van der Waals surface area contributed by atoms with Crippen LogP contribution in [0.15, 0.2) is 28.8 Å². The molecule has 1 saturated heterocycles. The van der Waals surface area contributed by atoms with Crippen LogP contribution in [-0.4, -0.2) is 34.5 Å². The van der Waals surface area contributed by atoms with E-state index in [1.807, 2.05) is 31.3 Å². The molecule has 0 aromatic carbocycles. The highest BCUT2D eigenvalue weighted by Gasteiger charge is 2.30. The lowest BCUT2D eigenvalue weighted by molar-refractivity contribution is 0.211. The van der Waals surface area contributed by atoms with Crippen molar-refractivity contribution in [1.29, 1.82) is 0 Å². The highest BCUT2D eigenvalue weighted by molar-refractivity contribution is 5.35. The Hall–Kier alpha value is -1.88. The van der Waals surface area contributed by atoms with Crippen LogP contribution in [0.25, 0.3) is 0 Å². The molecule has 3 rings (SSSR count). The van der Waals surface area contributed by atoms with Gasteiger partial charge in [0.15, 0.2) is 0 Å². The minimum Gasteiger partial charge on any atom is -0.443 e. The van der Waals surface area contributed by atoms with Crippen LogP contribution in [0, 0.1) is 12.8 Å². The molecule has 0 amide bonds. The van der Waals surface area contributed by atoms with E-state index < -0.39 is 0 Å². The second-order valence-corrected chi connectivity index (χ2v) is 8.18. The number of hydrogen-bond donors (Lipinski definition) is 1. The lowest BCUT2D eigenvalue weighted by Crippen LogP contribution is -2.26. The fraction of sp³-hybridized carbons (Fsp3) is 0.600. The van der Waals surface area contributed by atoms with Crippen LogP contribution in [-0.2, 0) is 5.41 Å². The SMILES string of the molecule is Cc1cccc(NCC2CCN(C(C)c3ncc(C(C)(C)C)o3)C2)n1. The molecule has 0 aliphatic carbocycles. The van der Waals surface area contributed by atoms with E-state index in [0.717, 1.165) is 42.8 Å². The predicted octanol–water partition coefficient (Wildman–Crippen LogP) is 4.17. The summed E-state index contributed by atoms with van der Waals surface area (Å²) in [6, 6.07) is 6.32. The van der Waals surface area contributed by atoms with Crippen molar-refractivity contribution < 1.29 is 4.42 Å². The average molecular weight is 342 g/mol. The summed E-state index contributed by atoms with van der Waals surface area (Å²) in [5, 5.41) is 3.47. The number of pyridine rings is 1. The molecule has 1 aliphatic heterocycles. The molecule has 2 aromatic heterocycles. The molecule has 3 heterocycles. The molecule has 2 unspecified atom stereocenters. The summed E-state index contributed by atoms with van der Waals surface area (Å²) in [4.78, 5) is 11.5. The Bertz CT molecular complexity index is 704. The Morgan fingerprint density at radius 2 is 2.16 bits per heavy atom. The first-order valence-electron chi connectivity index (χ1n) is 9.20. The van der Waals surface area contributed by atoms with Gasteiger partial charge in [-0.05, 0) is 44.9 Å². The second kappa shape index (κ2) is 7.16. The minimum absolute atomic E-state index is 0.00322. The number of likely N-dealkylation sites (tertiary alicyclic amines) is 1. The van der Waals surface area contributed by atoms with Crippen LogP contribution < -0.4 is 5.32 Å². The summed E-state index contributed by atoms with van der Waals surface area (Å²) in [5.41, 5.74) is 1.05. The highest BCUT2D eigenvalue weighted by Crippen LogP contribution is 2.30. The van der Waals surface area contributed by atoms with Gasteiger partial charge < -0.3 is 9.73 Å². The molecule has 136 valence electrons. The maximum Gasteiger partial charge on any atom is 0.211 e. The van der Waals surface area contributed by atoms with Crippen LogP contribution in [0.3, 0.4) is 0 Å². The number of nitrogens with one attached hydrogen (secondary N) is 1. The molecule has 5 heteroatoms. The van der Waals surface area contributed by atoms with Gasteiger partial charge in [-0.3, -0.25) is 4.90 Å². The monoisotopic (exact) mass is 342 g/mol. The number of aryl methyl sites for hydroxylation is 1. The van der Waals surface area contributed by atoms with Gasteiger partial charge in [-0.2, -0.15) is 0 Å². The molecule has 2 aromatic rings. The third-order valence-corrected chi connectivity index (χ3v) is 4.95. The summed E-state index contributed by atoms with van der Waals surface area (Å²) in [6.07, 6.45) is 3.07. The Morgan fingerprint density at radius 3 is 2.84 bits per heavy atom. The average Bonchev–Trinajstić information content (AvgIpc) is 3.21. The first-order chi connectivity index (χ1) is 11.8. The van der Waals surface area contributed by atoms with Crippen molar-refractivity contribution in [3.8, 4) is 0 Å². The second-order valence-electron chi connectivity index (χ2n) is 8.18. The fourth-order valence-corrected chi connectivity index (χ4v) is 3.26. The lowest BCUT2D eigenvalue weighted by Gasteiger charge is -2.22. The highest BCUT2D eigenvalue weighted by atomic mass is 16.4. The Labute approximate surface area is 150 Å². The Morgan fingerprint density at radius 1 is 1.36 bits per heavy atom. The van der Waals surface area contributed by atoms with Gasteiger partial charge in [-0.15, -0.1) is 0 Å². The van der Waals surface area contributed by atoms with Crippen LogP contribution in [0.1, 0.15) is 57.5 Å². The standard InChI is InChI=1S/C20H30N4O/c1-14-7-6-8-18(23-14)21-11-16-9-10-24(13-16)15(2)19-22-12-17(25-19)20(3,4)5/h6-8,12,15-16H,9-11,13H2,1-5H3,(H,21,23). The van der Waals surface area contributed by atoms with Crippen LogP contribution >= 0.6 is 0 Å². The van der Waals surface area contributed by atoms with E-state index in [1.165, 1.54) is 6.42 Å². The summed E-state index contributed by atoms with van der Waals surface area (Å²) in [7, 11) is 0. The zero-order valence-electron chi connectivity index (χ0n) is 16.0. The lowest BCUT2D eigenvalue weighted by atomic mass is 9.94. The molecule has 2 atom stereocenters. The summed E-state index contributed by atoms with van der Waals surface area (Å²) < 4.78 is 6.02. The third kappa shape index (κ3) is 4.40. The zero-order chi connectivity index (χ0) is 18.0. The zero-order valence-corrected chi connectivity index (χ0v) is 16.0. The topological polar surface area (TPSA) is 54.2 Å². The van der Waals surface area contributed by atoms with Gasteiger partial charge in [0.05, 0.1) is 12.2 Å². The van der Waals surface area contributed by atoms with Gasteiger partial charge in [0.2, 0.25) is 5.89 Å². The summed E-state index contributed by atoms with van der Waals surface area (Å²) in [5.74, 6) is 3.38. The molecule has 5 nitrogen and oxygen atoms in total. The Balaban J connectivity index is 1.54. The van der Waals surface area contributed by atoms with Crippen molar-refractivity contribution in [3.05, 3.63) is 41.7 Å². The van der Waals surface area contributed by atoms with E-state index in [9.17, 15) is 0 Å². The molecule has 0 spiro atoms. The largest absolute Gasteiger partial charge is 0.443 e. The van der Waals surface area contributed by atoms with Gasteiger partial charge >= 0.3 is 0 Å². The van der Waals surface area contributed by atoms with Crippen LogP contribution in [0.2, 0.25) is 0 Å². The quantitative estimate of drug-likeness (QED) is 0.884. The number of oxazole rings is 1. The van der Waals surface area contributed by atoms with Crippen molar-refractivity contribution >= 4 is 5.82 Å². The van der Waals surface area contributed by atoms with Crippen LogP contribution in [0.4, 0.5) is 5.82 Å². The Kier molecular flexibility index (Phi) is 5.13. The molecule has 0 bridgehead atoms. The number of anilines is 1. The number of nitrogens with zero attached hydrogens (tertiary/aromatic N) is 3. The van der Waals surface area contributed by atoms with E-state index in [1.54, 1.807) is 0 Å². The molecule has 1 aliphatic rings. The normalized spacial score (nSPS) is 20.0. The number of hydrogen-bond acceptors (Lipinski definition) is 5. The molecular formula is C20H30N4O. The van der Waals surface area contributed by atoms with Crippen molar-refractivity contribution in [2.45, 2.75) is 52.5 Å². The first-order valence-corrected chi connectivity index (χ1v) is 9.20. The van der Waals surface area contributed by atoms with Gasteiger partial charge in [-0.1, -0.05) is 26.8 Å². The van der Waals surface area contributed by atoms with Gasteiger partial charge in [0.25, 0.3) is 0 Å². The predicted molar refractivity (Wildman–Crippen MR) is 101 cm³/mol. The minimum atomic E-state index is 0.00322. The molecule has 0 radical (unpaired) electrons.